The van der Waals surface area contributed by atoms with Crippen LogP contribution < -0.4 is 10.6 Å². The molecule has 0 saturated heterocycles. The Bertz CT molecular complexity index is 1080. The summed E-state index contributed by atoms with van der Waals surface area (Å²) in [5, 5.41) is 6.00. The fraction of sp³-hybridized carbons (Fsp3) is 0.483. The first-order valence-corrected chi connectivity index (χ1v) is 13.1. The quantitative estimate of drug-likeness (QED) is 0.341. The largest absolute Gasteiger partial charge is 0.444 e. The number of carbonyl (C=O) groups excluding carboxylic acids is 3. The van der Waals surface area contributed by atoms with Crippen LogP contribution in [0, 0.1) is 13.8 Å². The van der Waals surface area contributed by atoms with E-state index in [1.165, 1.54) is 0 Å². The van der Waals surface area contributed by atoms with E-state index in [9.17, 15) is 14.4 Å². The maximum absolute atomic E-state index is 13.9. The van der Waals surface area contributed by atoms with Crippen LogP contribution >= 0.6 is 11.6 Å². The highest BCUT2D eigenvalue weighted by Crippen LogP contribution is 2.30. The van der Waals surface area contributed by atoms with Gasteiger partial charge >= 0.3 is 6.09 Å². The van der Waals surface area contributed by atoms with Crippen LogP contribution in [0.3, 0.4) is 0 Å². The second kappa shape index (κ2) is 13.5. The van der Waals surface area contributed by atoms with Crippen LogP contribution in [0.2, 0.25) is 5.02 Å². The van der Waals surface area contributed by atoms with Crippen molar-refractivity contribution in [1.29, 1.82) is 0 Å². The van der Waals surface area contributed by atoms with Gasteiger partial charge in [0.05, 0.1) is 10.7 Å². The predicted octanol–water partition coefficient (Wildman–Crippen LogP) is 6.57. The Morgan fingerprint density at radius 3 is 2.32 bits per heavy atom. The third kappa shape index (κ3) is 9.08. The van der Waals surface area contributed by atoms with Crippen molar-refractivity contribution in [3.8, 4) is 0 Å². The maximum Gasteiger partial charge on any atom is 0.408 e. The number of unbranched alkanes of at least 4 members (excludes halogenated alkanes) is 2. The van der Waals surface area contributed by atoms with Crippen LogP contribution in [-0.4, -0.2) is 41.0 Å². The molecular weight excluding hydrogens is 490 g/mol. The van der Waals surface area contributed by atoms with Gasteiger partial charge in [-0.25, -0.2) is 4.79 Å². The zero-order chi connectivity index (χ0) is 27.8. The van der Waals surface area contributed by atoms with E-state index >= 15 is 0 Å². The summed E-state index contributed by atoms with van der Waals surface area (Å²) < 4.78 is 5.34. The van der Waals surface area contributed by atoms with Gasteiger partial charge in [-0.1, -0.05) is 73.3 Å². The highest BCUT2D eigenvalue weighted by Gasteiger charge is 2.35. The zero-order valence-corrected chi connectivity index (χ0v) is 23.7. The molecule has 202 valence electrons. The Hall–Kier alpha value is -3.06. The van der Waals surface area contributed by atoms with Crippen molar-refractivity contribution in [3.05, 3.63) is 64.2 Å². The molecule has 0 fully saturated rings. The van der Waals surface area contributed by atoms with Gasteiger partial charge in [0.1, 0.15) is 17.7 Å². The molecule has 2 aromatic rings. The molecule has 0 aliphatic heterocycles. The minimum absolute atomic E-state index is 0.348. The molecule has 37 heavy (non-hydrogen) atoms. The van der Waals surface area contributed by atoms with E-state index in [2.05, 4.69) is 17.6 Å². The number of amides is 3. The van der Waals surface area contributed by atoms with Gasteiger partial charge in [-0.15, -0.1) is 0 Å². The van der Waals surface area contributed by atoms with Gasteiger partial charge in [-0.2, -0.15) is 0 Å². The molecule has 0 heterocycles. The standard InChI is InChI=1S/C29H40ClN3O4/c1-8-9-10-17-33(27(35)21(4)31-28(36)37-29(5,6)7)25(22-15-11-13-19(2)18-22)26(34)32-24-20(3)14-12-16-23(24)30/h11-16,18,21,25H,8-10,17H2,1-7H3,(H,31,36)(H,32,34). The lowest BCUT2D eigenvalue weighted by molar-refractivity contribution is -0.140. The molecule has 3 amide bonds. The number of hydrogen-bond acceptors (Lipinski definition) is 4. The highest BCUT2D eigenvalue weighted by molar-refractivity contribution is 6.34. The first kappa shape index (κ1) is 30.2. The molecule has 2 aromatic carbocycles. The predicted molar refractivity (Wildman–Crippen MR) is 149 cm³/mol. The Kier molecular flexibility index (Phi) is 11.0. The summed E-state index contributed by atoms with van der Waals surface area (Å²) in [5.41, 5.74) is 2.26. The summed E-state index contributed by atoms with van der Waals surface area (Å²) in [7, 11) is 0. The fourth-order valence-corrected chi connectivity index (χ4v) is 4.26. The number of anilines is 1. The van der Waals surface area contributed by atoms with Crippen molar-refractivity contribution >= 4 is 35.2 Å². The van der Waals surface area contributed by atoms with E-state index < -0.39 is 23.8 Å². The molecule has 0 aromatic heterocycles. The lowest BCUT2D eigenvalue weighted by Gasteiger charge is -2.34. The highest BCUT2D eigenvalue weighted by atomic mass is 35.5. The number of nitrogens with zero attached hydrogens (tertiary/aromatic N) is 1. The van der Waals surface area contributed by atoms with Crippen LogP contribution in [0.15, 0.2) is 42.5 Å². The number of carbonyl (C=O) groups is 3. The monoisotopic (exact) mass is 529 g/mol. The van der Waals surface area contributed by atoms with Crippen LogP contribution in [0.1, 0.15) is 76.6 Å². The lowest BCUT2D eigenvalue weighted by atomic mass is 10.00. The summed E-state index contributed by atoms with van der Waals surface area (Å²) in [6.07, 6.45) is 1.87. The molecule has 0 aliphatic rings. The Morgan fingerprint density at radius 1 is 1.05 bits per heavy atom. The molecule has 0 saturated carbocycles. The van der Waals surface area contributed by atoms with Gasteiger partial charge in [0.15, 0.2) is 0 Å². The topological polar surface area (TPSA) is 87.7 Å². The minimum atomic E-state index is -0.928. The fourth-order valence-electron chi connectivity index (χ4n) is 3.99. The van der Waals surface area contributed by atoms with Crippen molar-refractivity contribution in [2.45, 2.75) is 85.4 Å². The van der Waals surface area contributed by atoms with Gasteiger partial charge in [0.2, 0.25) is 5.91 Å². The zero-order valence-electron chi connectivity index (χ0n) is 23.0. The van der Waals surface area contributed by atoms with Crippen LogP contribution in [0.4, 0.5) is 10.5 Å². The van der Waals surface area contributed by atoms with Crippen molar-refractivity contribution < 1.29 is 19.1 Å². The summed E-state index contributed by atoms with van der Waals surface area (Å²) in [4.78, 5) is 41.6. The number of halogens is 1. The number of alkyl carbamates (subject to hydrolysis) is 1. The van der Waals surface area contributed by atoms with Crippen molar-refractivity contribution in [2.75, 3.05) is 11.9 Å². The molecule has 0 radical (unpaired) electrons. The first-order chi connectivity index (χ1) is 17.3. The molecule has 0 aliphatic carbocycles. The molecule has 2 rings (SSSR count). The molecule has 7 nitrogen and oxygen atoms in total. The Balaban J connectivity index is 2.47. The molecule has 2 N–H and O–H groups in total. The Labute approximate surface area is 225 Å². The third-order valence-electron chi connectivity index (χ3n) is 5.78. The van der Waals surface area contributed by atoms with Crippen molar-refractivity contribution in [1.82, 2.24) is 10.2 Å². The second-order valence-corrected chi connectivity index (χ2v) is 10.8. The maximum atomic E-state index is 13.9. The minimum Gasteiger partial charge on any atom is -0.444 e. The molecule has 0 bridgehead atoms. The van der Waals surface area contributed by atoms with E-state index in [1.807, 2.05) is 50.2 Å². The molecular formula is C29H40ClN3O4. The number of para-hydroxylation sites is 1. The Morgan fingerprint density at radius 2 is 1.73 bits per heavy atom. The second-order valence-electron chi connectivity index (χ2n) is 10.3. The number of nitrogens with one attached hydrogen (secondary N) is 2. The summed E-state index contributed by atoms with van der Waals surface area (Å²) in [6, 6.07) is 11.1. The summed E-state index contributed by atoms with van der Waals surface area (Å²) in [5.74, 6) is -0.754. The molecule has 2 atom stereocenters. The van der Waals surface area contributed by atoms with Gasteiger partial charge in [-0.3, -0.25) is 9.59 Å². The normalized spacial score (nSPS) is 12.9. The van der Waals surface area contributed by atoms with Crippen LogP contribution in [0.25, 0.3) is 0 Å². The van der Waals surface area contributed by atoms with E-state index in [0.717, 1.165) is 24.0 Å². The first-order valence-electron chi connectivity index (χ1n) is 12.8. The van der Waals surface area contributed by atoms with Gasteiger partial charge < -0.3 is 20.3 Å². The number of aryl methyl sites for hydroxylation is 2. The summed E-state index contributed by atoms with van der Waals surface area (Å²) in [6.45, 7) is 13.1. The summed E-state index contributed by atoms with van der Waals surface area (Å²) >= 11 is 6.40. The number of benzene rings is 2. The van der Waals surface area contributed by atoms with Gasteiger partial charge in [0, 0.05) is 6.54 Å². The average molecular weight is 530 g/mol. The number of ether oxygens (including phenoxy) is 1. The van der Waals surface area contributed by atoms with E-state index in [-0.39, 0.29) is 11.8 Å². The van der Waals surface area contributed by atoms with Crippen molar-refractivity contribution in [2.24, 2.45) is 0 Å². The van der Waals surface area contributed by atoms with Crippen LogP contribution in [0.5, 0.6) is 0 Å². The number of rotatable bonds is 10. The van der Waals surface area contributed by atoms with Crippen LogP contribution in [-0.2, 0) is 14.3 Å². The molecule has 8 heteroatoms. The average Bonchev–Trinajstić information content (AvgIpc) is 2.79. The van der Waals surface area contributed by atoms with E-state index in [1.54, 1.807) is 38.7 Å². The van der Waals surface area contributed by atoms with Crippen molar-refractivity contribution in [3.63, 3.8) is 0 Å². The van der Waals surface area contributed by atoms with Gasteiger partial charge in [-0.05, 0) is 65.2 Å². The van der Waals surface area contributed by atoms with E-state index in [4.69, 9.17) is 16.3 Å². The lowest BCUT2D eigenvalue weighted by Crippen LogP contribution is -2.51. The van der Waals surface area contributed by atoms with E-state index in [0.29, 0.717) is 29.2 Å². The molecule has 0 spiro atoms. The number of hydrogen-bond donors (Lipinski definition) is 2. The third-order valence-corrected chi connectivity index (χ3v) is 6.09. The SMILES string of the molecule is CCCCCN(C(=O)C(C)NC(=O)OC(C)(C)C)C(C(=O)Nc1c(C)cccc1Cl)c1cccc(C)c1. The smallest absolute Gasteiger partial charge is 0.408 e. The molecule has 2 unspecified atom stereocenters. The van der Waals surface area contributed by atoms with Gasteiger partial charge in [0.25, 0.3) is 5.91 Å².